The highest BCUT2D eigenvalue weighted by atomic mass is 32.2. The molecule has 1 fully saturated rings. The normalized spacial score (nSPS) is 14.3. The largest absolute Gasteiger partial charge is 0.444 e. The van der Waals surface area contributed by atoms with E-state index in [-0.39, 0.29) is 28.5 Å². The molecule has 1 amide bonds. The number of ether oxygens (including phenoxy) is 2. The first-order chi connectivity index (χ1) is 22.2. The van der Waals surface area contributed by atoms with Gasteiger partial charge in [0, 0.05) is 42.7 Å². The molecule has 0 radical (unpaired) electrons. The van der Waals surface area contributed by atoms with Crippen LogP contribution in [0.5, 0.6) is 0 Å². The Morgan fingerprint density at radius 2 is 1.81 bits per heavy atom. The summed E-state index contributed by atoms with van der Waals surface area (Å²) in [5, 5.41) is 7.42. The molecule has 0 saturated carbocycles. The van der Waals surface area contributed by atoms with E-state index in [1.165, 1.54) is 24.4 Å². The van der Waals surface area contributed by atoms with E-state index in [0.29, 0.717) is 49.2 Å². The van der Waals surface area contributed by atoms with Crippen LogP contribution >= 0.6 is 0 Å². The van der Waals surface area contributed by atoms with Crippen LogP contribution in [0.15, 0.2) is 70.6 Å². The third-order valence-corrected chi connectivity index (χ3v) is 8.85. The van der Waals surface area contributed by atoms with Crippen molar-refractivity contribution in [2.45, 2.75) is 50.2 Å². The predicted octanol–water partition coefficient (Wildman–Crippen LogP) is 5.71. The summed E-state index contributed by atoms with van der Waals surface area (Å²) in [4.78, 5) is 28.1. The first-order valence-corrected chi connectivity index (χ1v) is 16.4. The first kappa shape index (κ1) is 33.7. The molecular weight excluding hydrogens is 639 g/mol. The molecule has 15 heteroatoms. The highest BCUT2D eigenvalue weighted by molar-refractivity contribution is 7.91. The lowest BCUT2D eigenvalue weighted by Gasteiger charge is -2.33. The summed E-state index contributed by atoms with van der Waals surface area (Å²) < 4.78 is 80.7. The molecule has 250 valence electrons. The minimum Gasteiger partial charge on any atom is -0.444 e. The van der Waals surface area contributed by atoms with Crippen molar-refractivity contribution in [3.63, 3.8) is 0 Å². The number of hydrogen-bond donors (Lipinski definition) is 2. The highest BCUT2D eigenvalue weighted by Gasteiger charge is 2.29. The zero-order chi connectivity index (χ0) is 33.9. The average Bonchev–Trinajstić information content (AvgIpc) is 3.46. The average molecular weight is 674 g/mol. The number of hydrogen-bond acceptors (Lipinski definition) is 8. The van der Waals surface area contributed by atoms with Crippen molar-refractivity contribution in [2.24, 2.45) is 0 Å². The lowest BCUT2D eigenvalue weighted by molar-refractivity contribution is 0.0185. The van der Waals surface area contributed by atoms with Crippen LogP contribution in [0.1, 0.15) is 39.7 Å². The van der Waals surface area contributed by atoms with Gasteiger partial charge in [-0.1, -0.05) is 6.07 Å². The van der Waals surface area contributed by atoms with Crippen molar-refractivity contribution in [1.82, 2.24) is 19.7 Å². The predicted molar refractivity (Wildman–Crippen MR) is 168 cm³/mol. The Hall–Kier alpha value is -4.63. The topological polar surface area (TPSA) is 136 Å². The number of nitrogens with one attached hydrogen (secondary N) is 2. The Morgan fingerprint density at radius 3 is 2.51 bits per heavy atom. The highest BCUT2D eigenvalue weighted by Crippen LogP contribution is 2.36. The number of rotatable bonds is 9. The molecule has 47 heavy (non-hydrogen) atoms. The smallest absolute Gasteiger partial charge is 0.410 e. The van der Waals surface area contributed by atoms with Gasteiger partial charge in [-0.2, -0.15) is 5.10 Å². The molecule has 1 aliphatic heterocycles. The Labute approximate surface area is 269 Å². The summed E-state index contributed by atoms with van der Waals surface area (Å²) in [7, 11) is -4.33. The lowest BCUT2D eigenvalue weighted by Crippen LogP contribution is -2.42. The van der Waals surface area contributed by atoms with Crippen molar-refractivity contribution in [1.29, 1.82) is 0 Å². The molecule has 1 aliphatic rings. The number of anilines is 1. The number of sulfone groups is 1. The van der Waals surface area contributed by atoms with Crippen LogP contribution in [-0.2, 0) is 19.3 Å². The molecule has 1 saturated heterocycles. The molecule has 0 atom stereocenters. The molecule has 2 aromatic carbocycles. The minimum atomic E-state index is -4.33. The van der Waals surface area contributed by atoms with E-state index in [4.69, 9.17) is 14.6 Å². The summed E-state index contributed by atoms with van der Waals surface area (Å²) in [5.41, 5.74) is 0.369. The maximum Gasteiger partial charge on any atom is 0.410 e. The number of H-pyrrole nitrogens is 1. The quantitative estimate of drug-likeness (QED) is 0.170. The zero-order valence-corrected chi connectivity index (χ0v) is 26.7. The number of halogens is 3. The van der Waals surface area contributed by atoms with Gasteiger partial charge in [-0.05, 0) is 75.6 Å². The summed E-state index contributed by atoms with van der Waals surface area (Å²) in [5.74, 6) is -3.74. The molecule has 2 N–H and O–H groups in total. The number of nitrogens with zero attached hydrogens (tertiary/aromatic N) is 3. The Morgan fingerprint density at radius 1 is 1.06 bits per heavy atom. The van der Waals surface area contributed by atoms with Crippen LogP contribution in [-0.4, -0.2) is 65.5 Å². The number of pyridine rings is 1. The first-order valence-electron chi connectivity index (χ1n) is 14.8. The molecule has 0 aliphatic carbocycles. The van der Waals surface area contributed by atoms with Crippen molar-refractivity contribution in [3.8, 4) is 22.4 Å². The second-order valence-electron chi connectivity index (χ2n) is 12.0. The van der Waals surface area contributed by atoms with Crippen molar-refractivity contribution >= 4 is 21.6 Å². The van der Waals surface area contributed by atoms with Crippen LogP contribution in [0, 0.1) is 17.5 Å². The SMILES string of the molecule is CC(C)(C)OC(=O)N1CCC(n2cc(-c3cc[nH]c(=O)c3)c(-c3cccc(NCOCS(=O)(=O)c4cc(F)ccc4F)c3F)n2)CC1. The fraction of sp³-hybridized carbons (Fsp3) is 0.344. The summed E-state index contributed by atoms with van der Waals surface area (Å²) in [6.07, 6.45) is 3.97. The number of piperidine rings is 1. The second-order valence-corrected chi connectivity index (χ2v) is 13.9. The van der Waals surface area contributed by atoms with Crippen LogP contribution in [0.4, 0.5) is 23.7 Å². The summed E-state index contributed by atoms with van der Waals surface area (Å²) >= 11 is 0. The van der Waals surface area contributed by atoms with Crippen molar-refractivity contribution in [2.75, 3.05) is 31.1 Å². The van der Waals surface area contributed by atoms with E-state index in [1.54, 1.807) is 48.7 Å². The maximum absolute atomic E-state index is 16.0. The van der Waals surface area contributed by atoms with Crippen molar-refractivity contribution < 1.29 is 35.9 Å². The monoisotopic (exact) mass is 673 g/mol. The fourth-order valence-corrected chi connectivity index (χ4v) is 6.24. The zero-order valence-electron chi connectivity index (χ0n) is 25.9. The van der Waals surface area contributed by atoms with Gasteiger partial charge in [-0.15, -0.1) is 0 Å². The van der Waals surface area contributed by atoms with Crippen LogP contribution < -0.4 is 10.9 Å². The molecule has 11 nitrogen and oxygen atoms in total. The van der Waals surface area contributed by atoms with Crippen LogP contribution in [0.25, 0.3) is 22.4 Å². The van der Waals surface area contributed by atoms with E-state index in [0.717, 1.165) is 6.07 Å². The molecule has 0 bridgehead atoms. The van der Waals surface area contributed by atoms with E-state index >= 15 is 4.39 Å². The van der Waals surface area contributed by atoms with E-state index in [9.17, 15) is 26.8 Å². The van der Waals surface area contributed by atoms with E-state index in [2.05, 4.69) is 10.3 Å². The van der Waals surface area contributed by atoms with Gasteiger partial charge in [0.1, 0.15) is 34.6 Å². The van der Waals surface area contributed by atoms with Gasteiger partial charge in [0.25, 0.3) is 0 Å². The number of carbonyl (C=O) groups excluding carboxylic acids is 1. The van der Waals surface area contributed by atoms with Gasteiger partial charge in [0.2, 0.25) is 15.4 Å². The lowest BCUT2D eigenvalue weighted by atomic mass is 10.0. The third-order valence-electron chi connectivity index (χ3n) is 7.39. The molecule has 5 rings (SSSR count). The maximum atomic E-state index is 16.0. The van der Waals surface area contributed by atoms with Crippen LogP contribution in [0.3, 0.4) is 0 Å². The molecule has 3 heterocycles. The number of aromatic amines is 1. The molecule has 4 aromatic rings. The molecule has 0 spiro atoms. The Balaban J connectivity index is 1.35. The van der Waals surface area contributed by atoms with E-state index in [1.807, 2.05) is 0 Å². The fourth-order valence-electron chi connectivity index (χ4n) is 5.15. The Bertz CT molecular complexity index is 1930. The van der Waals surface area contributed by atoms with Gasteiger partial charge < -0.3 is 24.7 Å². The molecular formula is C32H34F3N5O6S. The van der Waals surface area contributed by atoms with Gasteiger partial charge >= 0.3 is 6.09 Å². The number of carbonyl (C=O) groups is 1. The molecule has 2 aromatic heterocycles. The Kier molecular flexibility index (Phi) is 9.77. The number of benzene rings is 2. The second kappa shape index (κ2) is 13.6. The van der Waals surface area contributed by atoms with Gasteiger partial charge in [-0.3, -0.25) is 9.48 Å². The van der Waals surface area contributed by atoms with Gasteiger partial charge in [0.15, 0.2) is 11.8 Å². The van der Waals surface area contributed by atoms with Crippen molar-refractivity contribution in [3.05, 3.63) is 88.7 Å². The summed E-state index contributed by atoms with van der Waals surface area (Å²) in [6.45, 7) is 5.81. The molecule has 0 unspecified atom stereocenters. The number of likely N-dealkylation sites (tertiary alicyclic amines) is 1. The standard InChI is InChI=1S/C32H34F3N5O6S/c1-32(2,3)46-31(42)39-13-10-22(11-14-39)40-17-24(20-9-12-36-28(41)15-20)30(38-40)23-5-4-6-26(29(23)35)37-18-45-19-47(43,44)27-16-21(33)7-8-25(27)34/h4-9,12,15-17,22,37H,10-11,13-14,18-19H2,1-3H3,(H,36,41). The minimum absolute atomic E-state index is 0.0334. The number of aromatic nitrogens is 3. The van der Waals surface area contributed by atoms with Gasteiger partial charge in [0.05, 0.1) is 11.7 Å². The third kappa shape index (κ3) is 8.03. The number of amides is 1. The van der Waals surface area contributed by atoms with E-state index < -0.39 is 56.5 Å². The van der Waals surface area contributed by atoms with Crippen LogP contribution in [0.2, 0.25) is 0 Å². The summed E-state index contributed by atoms with van der Waals surface area (Å²) in [6, 6.07) is 9.50. The van der Waals surface area contributed by atoms with Gasteiger partial charge in [-0.25, -0.2) is 26.4 Å².